The van der Waals surface area contributed by atoms with Crippen LogP contribution in [0, 0.1) is 12.7 Å². The Bertz CT molecular complexity index is 388. The minimum Gasteiger partial charge on any atom is -0.323 e. The molecule has 0 aliphatic heterocycles. The lowest BCUT2D eigenvalue weighted by atomic mass is 10.1. The SMILES string of the molecule is CC(=O)Nc1c(C=O)ccc(C)c1F. The van der Waals surface area contributed by atoms with Crippen molar-refractivity contribution in [2.45, 2.75) is 13.8 Å². The van der Waals surface area contributed by atoms with Crippen LogP contribution < -0.4 is 5.32 Å². The molecule has 1 aromatic carbocycles. The number of carbonyl (C=O) groups excluding carboxylic acids is 2. The summed E-state index contributed by atoms with van der Waals surface area (Å²) in [6.45, 7) is 2.82. The van der Waals surface area contributed by atoms with Crippen molar-refractivity contribution in [2.24, 2.45) is 0 Å². The number of carbonyl (C=O) groups is 2. The second kappa shape index (κ2) is 4.00. The van der Waals surface area contributed by atoms with Crippen LogP contribution in [-0.2, 0) is 4.79 Å². The Hall–Kier alpha value is -1.71. The number of anilines is 1. The van der Waals surface area contributed by atoms with Crippen LogP contribution in [0.3, 0.4) is 0 Å². The molecule has 0 aliphatic carbocycles. The average Bonchev–Trinajstić information content (AvgIpc) is 2.13. The number of benzene rings is 1. The molecule has 14 heavy (non-hydrogen) atoms. The minimum absolute atomic E-state index is 0.0486. The van der Waals surface area contributed by atoms with Gasteiger partial charge in [0.2, 0.25) is 5.91 Å². The van der Waals surface area contributed by atoms with E-state index in [1.54, 1.807) is 6.92 Å². The van der Waals surface area contributed by atoms with Crippen molar-refractivity contribution in [3.8, 4) is 0 Å². The van der Waals surface area contributed by atoms with Crippen molar-refractivity contribution < 1.29 is 14.0 Å². The molecule has 0 unspecified atom stereocenters. The molecular formula is C10H10FNO2. The number of nitrogens with one attached hydrogen (secondary N) is 1. The number of rotatable bonds is 2. The van der Waals surface area contributed by atoms with Gasteiger partial charge in [-0.2, -0.15) is 0 Å². The number of hydrogen-bond acceptors (Lipinski definition) is 2. The number of aryl methyl sites for hydroxylation is 1. The highest BCUT2D eigenvalue weighted by molar-refractivity contribution is 5.95. The number of amides is 1. The molecule has 0 radical (unpaired) electrons. The Morgan fingerprint density at radius 2 is 2.14 bits per heavy atom. The van der Waals surface area contributed by atoms with Crippen LogP contribution >= 0.6 is 0 Å². The summed E-state index contributed by atoms with van der Waals surface area (Å²) in [5, 5.41) is 2.29. The van der Waals surface area contributed by atoms with Gasteiger partial charge in [0.15, 0.2) is 6.29 Å². The molecule has 1 rings (SSSR count). The molecule has 3 nitrogen and oxygen atoms in total. The summed E-state index contributed by atoms with van der Waals surface area (Å²) in [4.78, 5) is 21.3. The third-order valence-electron chi connectivity index (χ3n) is 1.80. The van der Waals surface area contributed by atoms with E-state index in [2.05, 4.69) is 5.32 Å². The molecule has 4 heteroatoms. The molecular weight excluding hydrogens is 185 g/mol. The summed E-state index contributed by atoms with van der Waals surface area (Å²) in [6.07, 6.45) is 0.508. The molecule has 0 saturated heterocycles. The zero-order valence-electron chi connectivity index (χ0n) is 7.93. The van der Waals surface area contributed by atoms with E-state index < -0.39 is 11.7 Å². The van der Waals surface area contributed by atoms with Crippen molar-refractivity contribution in [2.75, 3.05) is 5.32 Å². The maximum atomic E-state index is 13.4. The Balaban J connectivity index is 3.27. The number of hydrogen-bond donors (Lipinski definition) is 1. The van der Waals surface area contributed by atoms with E-state index in [1.807, 2.05) is 0 Å². The monoisotopic (exact) mass is 195 g/mol. The molecule has 0 saturated carbocycles. The van der Waals surface area contributed by atoms with Gasteiger partial charge >= 0.3 is 0 Å². The fourth-order valence-electron chi connectivity index (χ4n) is 1.10. The first kappa shape index (κ1) is 10.4. The number of aldehydes is 1. The quantitative estimate of drug-likeness (QED) is 0.732. The summed E-state index contributed by atoms with van der Waals surface area (Å²) in [5.74, 6) is -0.970. The highest BCUT2D eigenvalue weighted by Gasteiger charge is 2.11. The van der Waals surface area contributed by atoms with E-state index >= 15 is 0 Å². The van der Waals surface area contributed by atoms with Crippen molar-refractivity contribution in [1.82, 2.24) is 0 Å². The Kier molecular flexibility index (Phi) is 2.96. The van der Waals surface area contributed by atoms with E-state index in [0.717, 1.165) is 0 Å². The van der Waals surface area contributed by atoms with Crippen molar-refractivity contribution >= 4 is 17.9 Å². The summed E-state index contributed by atoms with van der Waals surface area (Å²) >= 11 is 0. The Labute approximate surface area is 80.9 Å². The van der Waals surface area contributed by atoms with Gasteiger partial charge in [-0.25, -0.2) is 4.39 Å². The molecule has 0 aromatic heterocycles. The minimum atomic E-state index is -0.565. The molecule has 0 atom stereocenters. The van der Waals surface area contributed by atoms with Gasteiger partial charge in [-0.15, -0.1) is 0 Å². The fourth-order valence-corrected chi connectivity index (χ4v) is 1.10. The molecule has 1 N–H and O–H groups in total. The molecule has 0 bridgehead atoms. The van der Waals surface area contributed by atoms with E-state index in [1.165, 1.54) is 19.1 Å². The van der Waals surface area contributed by atoms with Gasteiger partial charge < -0.3 is 5.32 Å². The van der Waals surface area contributed by atoms with Gasteiger partial charge in [-0.05, 0) is 18.6 Å². The van der Waals surface area contributed by atoms with Gasteiger partial charge in [0.1, 0.15) is 5.82 Å². The maximum Gasteiger partial charge on any atom is 0.221 e. The topological polar surface area (TPSA) is 46.2 Å². The largest absolute Gasteiger partial charge is 0.323 e. The first-order valence-corrected chi connectivity index (χ1v) is 4.08. The average molecular weight is 195 g/mol. The zero-order chi connectivity index (χ0) is 10.7. The lowest BCUT2D eigenvalue weighted by Crippen LogP contribution is -2.10. The molecule has 1 aromatic rings. The lowest BCUT2D eigenvalue weighted by Gasteiger charge is -2.08. The highest BCUT2D eigenvalue weighted by Crippen LogP contribution is 2.21. The Morgan fingerprint density at radius 3 is 2.64 bits per heavy atom. The third-order valence-corrected chi connectivity index (χ3v) is 1.80. The standard InChI is InChI=1S/C10H10FNO2/c1-6-3-4-8(5-13)10(9(6)11)12-7(2)14/h3-5H,1-2H3,(H,12,14). The molecule has 1 amide bonds. The summed E-state index contributed by atoms with van der Waals surface area (Å²) in [5.41, 5.74) is 0.482. The van der Waals surface area contributed by atoms with Crippen LogP contribution in [0.5, 0.6) is 0 Å². The predicted octanol–water partition coefficient (Wildman–Crippen LogP) is 1.91. The van der Waals surface area contributed by atoms with E-state index in [4.69, 9.17) is 0 Å². The van der Waals surface area contributed by atoms with Crippen molar-refractivity contribution in [1.29, 1.82) is 0 Å². The molecule has 0 aliphatic rings. The van der Waals surface area contributed by atoms with Gasteiger partial charge in [-0.1, -0.05) is 6.07 Å². The van der Waals surface area contributed by atoms with Crippen LogP contribution in [-0.4, -0.2) is 12.2 Å². The van der Waals surface area contributed by atoms with Crippen LogP contribution in [0.1, 0.15) is 22.8 Å². The van der Waals surface area contributed by atoms with E-state index in [0.29, 0.717) is 11.8 Å². The van der Waals surface area contributed by atoms with Gasteiger partial charge in [0.25, 0.3) is 0 Å². The summed E-state index contributed by atoms with van der Waals surface area (Å²) in [7, 11) is 0. The normalized spacial score (nSPS) is 9.64. The van der Waals surface area contributed by atoms with Crippen molar-refractivity contribution in [3.05, 3.63) is 29.1 Å². The maximum absolute atomic E-state index is 13.4. The van der Waals surface area contributed by atoms with E-state index in [9.17, 15) is 14.0 Å². The summed E-state index contributed by atoms with van der Waals surface area (Å²) < 4.78 is 13.4. The third kappa shape index (κ3) is 1.96. The molecule has 0 heterocycles. The van der Waals surface area contributed by atoms with Crippen LogP contribution in [0.4, 0.5) is 10.1 Å². The van der Waals surface area contributed by atoms with Crippen LogP contribution in [0.25, 0.3) is 0 Å². The predicted molar refractivity (Wildman–Crippen MR) is 50.8 cm³/mol. The summed E-state index contributed by atoms with van der Waals surface area (Å²) in [6, 6.07) is 2.96. The second-order valence-electron chi connectivity index (χ2n) is 2.96. The molecule has 0 spiro atoms. The van der Waals surface area contributed by atoms with Gasteiger partial charge in [0.05, 0.1) is 5.69 Å². The first-order valence-electron chi connectivity index (χ1n) is 4.08. The Morgan fingerprint density at radius 1 is 1.50 bits per heavy atom. The van der Waals surface area contributed by atoms with E-state index in [-0.39, 0.29) is 11.3 Å². The zero-order valence-corrected chi connectivity index (χ0v) is 7.93. The van der Waals surface area contributed by atoms with Gasteiger partial charge in [0, 0.05) is 12.5 Å². The highest BCUT2D eigenvalue weighted by atomic mass is 19.1. The smallest absolute Gasteiger partial charge is 0.221 e. The van der Waals surface area contributed by atoms with Crippen molar-refractivity contribution in [3.63, 3.8) is 0 Å². The number of halogens is 1. The second-order valence-corrected chi connectivity index (χ2v) is 2.96. The molecule has 0 fully saturated rings. The van der Waals surface area contributed by atoms with Crippen LogP contribution in [0.15, 0.2) is 12.1 Å². The molecule has 74 valence electrons. The first-order chi connectivity index (χ1) is 6.56. The van der Waals surface area contributed by atoms with Gasteiger partial charge in [-0.3, -0.25) is 9.59 Å². The fraction of sp³-hybridized carbons (Fsp3) is 0.200. The lowest BCUT2D eigenvalue weighted by molar-refractivity contribution is -0.114. The van der Waals surface area contributed by atoms with Crippen LogP contribution in [0.2, 0.25) is 0 Å².